The molecule has 0 aliphatic rings. The van der Waals surface area contributed by atoms with Crippen molar-refractivity contribution in [2.24, 2.45) is 0 Å². The molecule has 1 atom stereocenters. The lowest BCUT2D eigenvalue weighted by Gasteiger charge is -2.10. The summed E-state index contributed by atoms with van der Waals surface area (Å²) < 4.78 is 15.6. The van der Waals surface area contributed by atoms with E-state index in [1.54, 1.807) is 33.8 Å². The number of rotatable bonds is 10. The summed E-state index contributed by atoms with van der Waals surface area (Å²) >= 11 is 3.17. The van der Waals surface area contributed by atoms with Gasteiger partial charge in [0.1, 0.15) is 9.88 Å². The summed E-state index contributed by atoms with van der Waals surface area (Å²) in [6, 6.07) is 3.11. The maximum Gasteiger partial charge on any atom is 0.348 e. The molecule has 0 aliphatic heterocycles. The number of hydrogen-bond donors (Lipinski definition) is 2. The molecule has 3 aromatic rings. The molecule has 0 spiro atoms. The van der Waals surface area contributed by atoms with Crippen LogP contribution in [0.1, 0.15) is 56.9 Å². The van der Waals surface area contributed by atoms with Crippen molar-refractivity contribution in [2.45, 2.75) is 37.3 Å². The molecule has 0 aliphatic carbocycles. The van der Waals surface area contributed by atoms with Crippen LogP contribution in [0.15, 0.2) is 27.2 Å². The Hall–Kier alpha value is -3.23. The third-order valence-electron chi connectivity index (χ3n) is 4.34. The van der Waals surface area contributed by atoms with E-state index in [4.69, 9.17) is 13.9 Å². The highest BCUT2D eigenvalue weighted by Gasteiger charge is 2.28. The number of ether oxygens (including phenoxy) is 2. The maximum atomic E-state index is 12.9. The molecule has 2 amide bonds. The quantitative estimate of drug-likeness (QED) is 0.218. The van der Waals surface area contributed by atoms with Crippen LogP contribution in [0.5, 0.6) is 0 Å². The van der Waals surface area contributed by atoms with E-state index < -0.39 is 29.0 Å². The predicted molar refractivity (Wildman–Crippen MR) is 131 cm³/mol. The SMILES string of the molecule is CCOC(=O)c1sc(NC(=O)C(C)Sc2nnc(NC(=O)c3ccco3)s2)c(C(=O)OCC)c1C. The lowest BCUT2D eigenvalue weighted by atomic mass is 10.1. The third kappa shape index (κ3) is 6.46. The molecule has 0 fully saturated rings. The summed E-state index contributed by atoms with van der Waals surface area (Å²) in [5.74, 6) is -1.98. The molecule has 186 valence electrons. The van der Waals surface area contributed by atoms with Crippen molar-refractivity contribution >= 4 is 68.3 Å². The molecule has 14 heteroatoms. The van der Waals surface area contributed by atoms with Crippen LogP contribution in [-0.4, -0.2) is 52.4 Å². The highest BCUT2D eigenvalue weighted by molar-refractivity contribution is 8.02. The van der Waals surface area contributed by atoms with Gasteiger partial charge < -0.3 is 19.2 Å². The van der Waals surface area contributed by atoms with Crippen LogP contribution < -0.4 is 10.6 Å². The minimum Gasteiger partial charge on any atom is -0.462 e. The summed E-state index contributed by atoms with van der Waals surface area (Å²) in [4.78, 5) is 50.0. The number of carbonyl (C=O) groups is 4. The zero-order valence-electron chi connectivity index (χ0n) is 19.2. The van der Waals surface area contributed by atoms with Crippen molar-refractivity contribution in [3.63, 3.8) is 0 Å². The molecule has 3 aromatic heterocycles. The Balaban J connectivity index is 1.70. The van der Waals surface area contributed by atoms with Crippen LogP contribution in [0.25, 0.3) is 0 Å². The summed E-state index contributed by atoms with van der Waals surface area (Å²) in [6.07, 6.45) is 1.38. The Bertz CT molecular complexity index is 1220. The van der Waals surface area contributed by atoms with Gasteiger partial charge in [-0.15, -0.1) is 21.5 Å². The number of carbonyl (C=O) groups excluding carboxylic acids is 4. The molecule has 1 unspecified atom stereocenters. The van der Waals surface area contributed by atoms with E-state index in [0.717, 1.165) is 34.4 Å². The topological polar surface area (TPSA) is 150 Å². The number of esters is 2. The van der Waals surface area contributed by atoms with Crippen LogP contribution in [0.2, 0.25) is 0 Å². The van der Waals surface area contributed by atoms with Crippen LogP contribution in [0, 0.1) is 6.92 Å². The lowest BCUT2D eigenvalue weighted by molar-refractivity contribution is -0.115. The lowest BCUT2D eigenvalue weighted by Crippen LogP contribution is -2.23. The van der Waals surface area contributed by atoms with Gasteiger partial charge in [0.15, 0.2) is 10.1 Å². The number of aromatic nitrogens is 2. The number of nitrogens with one attached hydrogen (secondary N) is 2. The number of thioether (sulfide) groups is 1. The van der Waals surface area contributed by atoms with Crippen molar-refractivity contribution in [2.75, 3.05) is 23.8 Å². The zero-order chi connectivity index (χ0) is 25.5. The van der Waals surface area contributed by atoms with Gasteiger partial charge in [-0.05, 0) is 45.4 Å². The van der Waals surface area contributed by atoms with Gasteiger partial charge in [0, 0.05) is 0 Å². The highest BCUT2D eigenvalue weighted by Crippen LogP contribution is 2.36. The van der Waals surface area contributed by atoms with Crippen LogP contribution >= 0.6 is 34.4 Å². The van der Waals surface area contributed by atoms with Gasteiger partial charge in [0.2, 0.25) is 11.0 Å². The van der Waals surface area contributed by atoms with Crippen LogP contribution in [-0.2, 0) is 14.3 Å². The number of thiophene rings is 1. The van der Waals surface area contributed by atoms with Gasteiger partial charge in [0.05, 0.1) is 30.3 Å². The molecule has 3 heterocycles. The van der Waals surface area contributed by atoms with E-state index in [1.807, 2.05) is 0 Å². The molecule has 11 nitrogen and oxygen atoms in total. The smallest absolute Gasteiger partial charge is 0.348 e. The highest BCUT2D eigenvalue weighted by atomic mass is 32.2. The first-order valence-electron chi connectivity index (χ1n) is 10.4. The van der Waals surface area contributed by atoms with Crippen LogP contribution in [0.3, 0.4) is 0 Å². The van der Waals surface area contributed by atoms with Gasteiger partial charge in [-0.3, -0.25) is 14.9 Å². The molecule has 0 saturated heterocycles. The van der Waals surface area contributed by atoms with Crippen molar-refractivity contribution in [1.82, 2.24) is 10.2 Å². The van der Waals surface area contributed by atoms with Crippen molar-refractivity contribution in [3.8, 4) is 0 Å². The minimum absolute atomic E-state index is 0.115. The molecule has 0 bridgehead atoms. The second-order valence-corrected chi connectivity index (χ2v) is 10.3. The van der Waals surface area contributed by atoms with Crippen molar-refractivity contribution in [3.05, 3.63) is 40.2 Å². The molecule has 35 heavy (non-hydrogen) atoms. The largest absolute Gasteiger partial charge is 0.462 e. The monoisotopic (exact) mass is 538 g/mol. The number of furan rings is 1. The first-order chi connectivity index (χ1) is 16.7. The zero-order valence-corrected chi connectivity index (χ0v) is 21.7. The molecular weight excluding hydrogens is 516 g/mol. The normalized spacial score (nSPS) is 11.5. The fraction of sp³-hybridized carbons (Fsp3) is 0.333. The summed E-state index contributed by atoms with van der Waals surface area (Å²) in [5.41, 5.74) is 0.493. The molecule has 0 aromatic carbocycles. The summed E-state index contributed by atoms with van der Waals surface area (Å²) in [5, 5.41) is 13.0. The first kappa shape index (κ1) is 26.4. The van der Waals surface area contributed by atoms with Crippen LogP contribution in [0.4, 0.5) is 10.1 Å². The van der Waals surface area contributed by atoms with E-state index in [-0.39, 0.29) is 39.5 Å². The van der Waals surface area contributed by atoms with E-state index in [2.05, 4.69) is 20.8 Å². The van der Waals surface area contributed by atoms with E-state index in [9.17, 15) is 19.2 Å². The summed E-state index contributed by atoms with van der Waals surface area (Å²) in [6.45, 7) is 6.90. The number of amides is 2. The molecule has 3 rings (SSSR count). The third-order valence-corrected chi connectivity index (χ3v) is 7.55. The van der Waals surface area contributed by atoms with E-state index in [0.29, 0.717) is 9.90 Å². The molecule has 0 saturated carbocycles. The van der Waals surface area contributed by atoms with Gasteiger partial charge >= 0.3 is 11.9 Å². The number of hydrogen-bond acceptors (Lipinski definition) is 12. The average molecular weight is 539 g/mol. The average Bonchev–Trinajstić information content (AvgIpc) is 3.55. The predicted octanol–water partition coefficient (Wildman–Crippen LogP) is 4.23. The Kier molecular flexibility index (Phi) is 9.01. The van der Waals surface area contributed by atoms with Gasteiger partial charge in [0.25, 0.3) is 5.91 Å². The van der Waals surface area contributed by atoms with E-state index >= 15 is 0 Å². The Morgan fingerprint density at radius 2 is 1.80 bits per heavy atom. The Labute approximate surface area is 212 Å². The molecule has 2 N–H and O–H groups in total. The standard InChI is InChI=1S/C21H22N4O7S3/c1-5-30-18(28)13-10(3)14(19(29)31-6-2)34-17(13)22-15(26)11(4)33-21-25-24-20(35-21)23-16(27)12-8-7-9-32-12/h7-9,11H,5-6H2,1-4H3,(H,22,26)(H,23,24,27). The summed E-state index contributed by atoms with van der Waals surface area (Å²) in [7, 11) is 0. The van der Waals surface area contributed by atoms with Gasteiger partial charge in [-0.1, -0.05) is 23.1 Å². The second-order valence-electron chi connectivity index (χ2n) is 6.76. The fourth-order valence-corrected chi connectivity index (χ4v) is 5.72. The Morgan fingerprint density at radius 1 is 1.09 bits per heavy atom. The molecule has 0 radical (unpaired) electrons. The minimum atomic E-state index is -0.645. The Morgan fingerprint density at radius 3 is 2.46 bits per heavy atom. The fourth-order valence-electron chi connectivity index (χ4n) is 2.73. The van der Waals surface area contributed by atoms with Gasteiger partial charge in [-0.2, -0.15) is 0 Å². The van der Waals surface area contributed by atoms with Crippen molar-refractivity contribution in [1.29, 1.82) is 0 Å². The molecular formula is C21H22N4O7S3. The second kappa shape index (κ2) is 12.0. The first-order valence-corrected chi connectivity index (χ1v) is 12.9. The van der Waals surface area contributed by atoms with Crippen molar-refractivity contribution < 1.29 is 33.1 Å². The number of nitrogens with zero attached hydrogens (tertiary/aromatic N) is 2. The maximum absolute atomic E-state index is 12.9. The van der Waals surface area contributed by atoms with E-state index in [1.165, 1.54) is 12.3 Å². The number of anilines is 2. The van der Waals surface area contributed by atoms with Gasteiger partial charge in [-0.25, -0.2) is 9.59 Å².